The highest BCUT2D eigenvalue weighted by molar-refractivity contribution is 7.99. The van der Waals surface area contributed by atoms with E-state index in [1.807, 2.05) is 0 Å². The monoisotopic (exact) mass is 518 g/mol. The molecular formula is C22H26F4N4O4S. The molecule has 1 saturated heterocycles. The van der Waals surface area contributed by atoms with Crippen LogP contribution in [0.1, 0.15) is 57.5 Å². The maximum atomic E-state index is 14.0. The van der Waals surface area contributed by atoms with E-state index in [1.165, 1.54) is 4.57 Å². The molecule has 1 aliphatic carbocycles. The Morgan fingerprint density at radius 1 is 1.09 bits per heavy atom. The summed E-state index contributed by atoms with van der Waals surface area (Å²) < 4.78 is 55.4. The number of nitrogens with one attached hydrogen (secondary N) is 1. The molecule has 8 nitrogen and oxygen atoms in total. The molecule has 2 aliphatic rings. The zero-order valence-electron chi connectivity index (χ0n) is 19.0. The molecule has 4 rings (SSSR count). The van der Waals surface area contributed by atoms with Crippen LogP contribution in [0.5, 0.6) is 0 Å². The number of pyridine rings is 1. The summed E-state index contributed by atoms with van der Waals surface area (Å²) in [6, 6.07) is -0.334. The van der Waals surface area contributed by atoms with Crippen LogP contribution in [0, 0.1) is 5.82 Å². The van der Waals surface area contributed by atoms with E-state index in [2.05, 4.69) is 10.3 Å². The van der Waals surface area contributed by atoms with E-state index in [4.69, 9.17) is 0 Å². The molecule has 2 aromatic heterocycles. The van der Waals surface area contributed by atoms with Crippen molar-refractivity contribution in [2.45, 2.75) is 75.4 Å². The second-order valence-electron chi connectivity index (χ2n) is 9.24. The van der Waals surface area contributed by atoms with Gasteiger partial charge in [0.15, 0.2) is 0 Å². The van der Waals surface area contributed by atoms with Gasteiger partial charge in [0.05, 0.1) is 11.6 Å². The molecule has 0 bridgehead atoms. The van der Waals surface area contributed by atoms with Crippen LogP contribution in [0.4, 0.5) is 17.6 Å². The van der Waals surface area contributed by atoms with Gasteiger partial charge in [0.25, 0.3) is 11.5 Å². The van der Waals surface area contributed by atoms with Crippen LogP contribution in [-0.2, 0) is 4.79 Å². The van der Waals surface area contributed by atoms with Gasteiger partial charge in [-0.05, 0) is 63.0 Å². The van der Waals surface area contributed by atoms with Gasteiger partial charge in [0.1, 0.15) is 11.5 Å². The van der Waals surface area contributed by atoms with Gasteiger partial charge in [-0.15, -0.1) is 0 Å². The number of thioether (sulfide) groups is 1. The highest BCUT2D eigenvalue weighted by Gasteiger charge is 2.56. The lowest BCUT2D eigenvalue weighted by molar-refractivity contribution is -0.245. The minimum Gasteiger partial charge on any atom is -0.373 e. The molecule has 3 heterocycles. The van der Waals surface area contributed by atoms with Gasteiger partial charge in [0, 0.05) is 18.1 Å². The number of carbonyl (C=O) groups excluding carboxylic acids is 1. The fourth-order valence-corrected chi connectivity index (χ4v) is 5.81. The summed E-state index contributed by atoms with van der Waals surface area (Å²) >= 11 is 1.76. The number of hydrogen-bond donors (Lipinski definition) is 2. The molecule has 2 N–H and O–H groups in total. The number of fused-ring (bicyclic) bond motifs is 1. The first-order valence-corrected chi connectivity index (χ1v) is 12.6. The normalized spacial score (nSPS) is 23.7. The van der Waals surface area contributed by atoms with Gasteiger partial charge >= 0.3 is 11.9 Å². The number of amides is 1. The molecule has 2 aromatic rings. The van der Waals surface area contributed by atoms with E-state index in [9.17, 15) is 37.1 Å². The van der Waals surface area contributed by atoms with Gasteiger partial charge in [-0.25, -0.2) is 14.2 Å². The van der Waals surface area contributed by atoms with Gasteiger partial charge in [-0.1, -0.05) is 0 Å². The zero-order chi connectivity index (χ0) is 25.5. The van der Waals surface area contributed by atoms with Crippen LogP contribution in [0.15, 0.2) is 21.9 Å². The summed E-state index contributed by atoms with van der Waals surface area (Å²) in [5.74, 6) is -0.569. The number of nitrogens with zero attached hydrogens (tertiary/aromatic N) is 3. The molecule has 0 spiro atoms. The van der Waals surface area contributed by atoms with Crippen LogP contribution < -0.4 is 16.6 Å². The Kier molecular flexibility index (Phi) is 7.02. The average Bonchev–Trinajstić information content (AvgIpc) is 2.80. The van der Waals surface area contributed by atoms with Crippen molar-refractivity contribution < 1.29 is 27.5 Å². The summed E-state index contributed by atoms with van der Waals surface area (Å²) in [7, 11) is 0. The summed E-state index contributed by atoms with van der Waals surface area (Å²) in [5.41, 5.74) is -4.58. The van der Waals surface area contributed by atoms with Crippen molar-refractivity contribution in [3.63, 3.8) is 0 Å². The lowest BCUT2D eigenvalue weighted by atomic mass is 9.90. The standard InChI is InChI=1S/C22H26F4N4O4S/c1-21(34,22(24,25)26)19(32)28-13-2-4-14(5-3-13)30-18(31)16-10-12(23)11-27-17(16)29(20(30)33)15-6-8-35-9-7-15/h10-11,13-15,34H,2-9H2,1H3,(H,28,32)/t13?,14?,21-/m1/s1. The second-order valence-corrected chi connectivity index (χ2v) is 10.5. The Hall–Kier alpha value is -2.41. The lowest BCUT2D eigenvalue weighted by Crippen LogP contribution is -2.57. The zero-order valence-corrected chi connectivity index (χ0v) is 19.8. The lowest BCUT2D eigenvalue weighted by Gasteiger charge is -2.33. The van der Waals surface area contributed by atoms with Crippen LogP contribution in [0.2, 0.25) is 0 Å². The summed E-state index contributed by atoms with van der Waals surface area (Å²) in [6.07, 6.45) is -1.86. The number of hydrogen-bond acceptors (Lipinski definition) is 6. The summed E-state index contributed by atoms with van der Waals surface area (Å²) in [6.45, 7) is 0.391. The van der Waals surface area contributed by atoms with E-state index in [0.717, 1.165) is 28.3 Å². The van der Waals surface area contributed by atoms with Crippen molar-refractivity contribution in [2.75, 3.05) is 11.5 Å². The maximum Gasteiger partial charge on any atom is 0.426 e. The third-order valence-corrected chi connectivity index (χ3v) is 7.92. The molecule has 192 valence electrons. The first-order valence-electron chi connectivity index (χ1n) is 11.4. The van der Waals surface area contributed by atoms with E-state index in [0.29, 0.717) is 19.8 Å². The number of aliphatic hydroxyl groups is 1. The van der Waals surface area contributed by atoms with Gasteiger partial charge in [-0.2, -0.15) is 24.9 Å². The Labute approximate surface area is 201 Å². The SMILES string of the molecule is C[C@@](O)(C(=O)NC1CCC(n2c(=O)c3cc(F)cnc3n(C3CCSCC3)c2=O)CC1)C(F)(F)F. The van der Waals surface area contributed by atoms with Crippen molar-refractivity contribution in [2.24, 2.45) is 0 Å². The fraction of sp³-hybridized carbons (Fsp3) is 0.636. The third kappa shape index (κ3) is 4.84. The molecule has 0 unspecified atom stereocenters. The highest BCUT2D eigenvalue weighted by atomic mass is 32.2. The number of carbonyl (C=O) groups is 1. The molecule has 0 radical (unpaired) electrons. The number of rotatable bonds is 4. The minimum atomic E-state index is -5.13. The Morgan fingerprint density at radius 3 is 2.29 bits per heavy atom. The Balaban J connectivity index is 1.62. The molecule has 1 amide bonds. The van der Waals surface area contributed by atoms with Crippen molar-refractivity contribution >= 4 is 28.7 Å². The van der Waals surface area contributed by atoms with Crippen molar-refractivity contribution in [1.82, 2.24) is 19.4 Å². The maximum absolute atomic E-state index is 14.0. The number of alkyl halides is 3. The summed E-state index contributed by atoms with van der Waals surface area (Å²) in [5, 5.41) is 11.8. The second kappa shape index (κ2) is 9.57. The van der Waals surface area contributed by atoms with Crippen molar-refractivity contribution in [3.8, 4) is 0 Å². The molecular weight excluding hydrogens is 492 g/mol. The van der Waals surface area contributed by atoms with Crippen LogP contribution in [0.3, 0.4) is 0 Å². The van der Waals surface area contributed by atoms with Crippen LogP contribution >= 0.6 is 11.8 Å². The van der Waals surface area contributed by atoms with Crippen molar-refractivity contribution in [1.29, 1.82) is 0 Å². The van der Waals surface area contributed by atoms with E-state index >= 15 is 0 Å². The van der Waals surface area contributed by atoms with Gasteiger partial charge < -0.3 is 10.4 Å². The quantitative estimate of drug-likeness (QED) is 0.603. The topological polar surface area (TPSA) is 106 Å². The highest BCUT2D eigenvalue weighted by Crippen LogP contribution is 2.33. The Bertz CT molecular complexity index is 1230. The number of aromatic nitrogens is 3. The van der Waals surface area contributed by atoms with E-state index in [1.54, 1.807) is 11.8 Å². The van der Waals surface area contributed by atoms with E-state index in [-0.39, 0.29) is 42.8 Å². The molecule has 0 aromatic carbocycles. The predicted octanol–water partition coefficient (Wildman–Crippen LogP) is 2.68. The largest absolute Gasteiger partial charge is 0.426 e. The fourth-order valence-electron chi connectivity index (χ4n) is 4.73. The van der Waals surface area contributed by atoms with Gasteiger partial charge in [-0.3, -0.25) is 18.7 Å². The molecule has 1 atom stereocenters. The van der Waals surface area contributed by atoms with Crippen LogP contribution in [0.25, 0.3) is 11.0 Å². The first kappa shape index (κ1) is 25.7. The van der Waals surface area contributed by atoms with E-state index < -0.39 is 46.8 Å². The molecule has 1 aliphatic heterocycles. The third-order valence-electron chi connectivity index (χ3n) is 6.87. The minimum absolute atomic E-state index is 0.000484. The number of halogens is 4. The molecule has 2 fully saturated rings. The molecule has 1 saturated carbocycles. The smallest absolute Gasteiger partial charge is 0.373 e. The summed E-state index contributed by atoms with van der Waals surface area (Å²) in [4.78, 5) is 42.9. The Morgan fingerprint density at radius 2 is 1.69 bits per heavy atom. The van der Waals surface area contributed by atoms with Crippen LogP contribution in [-0.4, -0.2) is 54.5 Å². The predicted molar refractivity (Wildman–Crippen MR) is 122 cm³/mol. The first-order chi connectivity index (χ1) is 16.4. The molecule has 13 heteroatoms. The molecule has 35 heavy (non-hydrogen) atoms. The van der Waals surface area contributed by atoms with Crippen molar-refractivity contribution in [3.05, 3.63) is 38.9 Å². The van der Waals surface area contributed by atoms with Gasteiger partial charge in [0.2, 0.25) is 5.60 Å². The average molecular weight is 519 g/mol.